The predicted octanol–water partition coefficient (Wildman–Crippen LogP) is 5.16. The first-order chi connectivity index (χ1) is 21.5. The van der Waals surface area contributed by atoms with Gasteiger partial charge in [-0.25, -0.2) is 8.42 Å². The first-order valence-electron chi connectivity index (χ1n) is 14.4. The smallest absolute Gasteiger partial charge is 0.265 e. The zero-order chi connectivity index (χ0) is 32.6. The molecular formula is C34H39N5O5S. The molecule has 0 aromatic heterocycles. The van der Waals surface area contributed by atoms with Gasteiger partial charge in [0.2, 0.25) is 0 Å². The van der Waals surface area contributed by atoms with Crippen molar-refractivity contribution in [2.45, 2.75) is 11.3 Å². The van der Waals surface area contributed by atoms with Crippen LogP contribution in [0.3, 0.4) is 0 Å². The Kier molecular flexibility index (Phi) is 10.7. The fourth-order valence-corrected chi connectivity index (χ4v) is 5.98. The summed E-state index contributed by atoms with van der Waals surface area (Å²) in [4.78, 5) is 28.5. The van der Waals surface area contributed by atoms with Crippen LogP contribution in [0.15, 0.2) is 95.9 Å². The summed E-state index contributed by atoms with van der Waals surface area (Å²) >= 11 is 0. The molecule has 4 aromatic rings. The van der Waals surface area contributed by atoms with Crippen molar-refractivity contribution in [2.75, 3.05) is 63.3 Å². The van der Waals surface area contributed by atoms with E-state index in [4.69, 9.17) is 4.74 Å². The standard InChI is InChI=1S/C34H39N5O5S/c1-38(2)30-16-7-6-15-29(30)33(40)36-20-10-19-35-27-13-9-14-28(23-27)37-45(42,43)32-22-25(17-18-31(32)44-5)24-11-8-12-26(21-24)34(41)39(3)4/h6-9,11-18,21-23,35,37H,10,19-20H2,1-5H3,(H,36,40). The molecule has 0 radical (unpaired) electrons. The molecule has 0 saturated carbocycles. The van der Waals surface area contributed by atoms with Crippen LogP contribution in [0.5, 0.6) is 5.75 Å². The van der Waals surface area contributed by atoms with Crippen LogP contribution in [-0.2, 0) is 10.0 Å². The van der Waals surface area contributed by atoms with Gasteiger partial charge in [-0.05, 0) is 72.1 Å². The highest BCUT2D eigenvalue weighted by Crippen LogP contribution is 2.32. The number of rotatable bonds is 13. The maximum atomic E-state index is 13.6. The molecule has 0 saturated heterocycles. The largest absolute Gasteiger partial charge is 0.495 e. The fraction of sp³-hybridized carbons (Fsp3) is 0.235. The summed E-state index contributed by atoms with van der Waals surface area (Å²) in [6.07, 6.45) is 0.664. The number of nitrogens with one attached hydrogen (secondary N) is 3. The van der Waals surface area contributed by atoms with E-state index >= 15 is 0 Å². The number of benzene rings is 4. The molecule has 4 rings (SSSR count). The third-order valence-corrected chi connectivity index (χ3v) is 8.42. The van der Waals surface area contributed by atoms with Crippen molar-refractivity contribution < 1.29 is 22.7 Å². The number of carbonyl (C=O) groups excluding carboxylic acids is 2. The van der Waals surface area contributed by atoms with Gasteiger partial charge >= 0.3 is 0 Å². The number of ether oxygens (including phenoxy) is 1. The Bertz CT molecular complexity index is 1770. The Morgan fingerprint density at radius 3 is 2.22 bits per heavy atom. The van der Waals surface area contributed by atoms with Crippen molar-refractivity contribution in [3.05, 3.63) is 102 Å². The summed E-state index contributed by atoms with van der Waals surface area (Å²) in [6.45, 7) is 1.04. The van der Waals surface area contributed by atoms with Crippen LogP contribution in [0.2, 0.25) is 0 Å². The molecule has 45 heavy (non-hydrogen) atoms. The zero-order valence-corrected chi connectivity index (χ0v) is 26.9. The van der Waals surface area contributed by atoms with E-state index in [2.05, 4.69) is 15.4 Å². The molecule has 10 nitrogen and oxygen atoms in total. The third-order valence-electron chi connectivity index (χ3n) is 7.02. The third kappa shape index (κ3) is 8.33. The van der Waals surface area contributed by atoms with Gasteiger partial charge in [-0.15, -0.1) is 0 Å². The Labute approximate surface area is 265 Å². The average molecular weight is 630 g/mol. The molecule has 0 atom stereocenters. The van der Waals surface area contributed by atoms with E-state index in [9.17, 15) is 18.0 Å². The summed E-state index contributed by atoms with van der Waals surface area (Å²) < 4.78 is 35.2. The van der Waals surface area contributed by atoms with E-state index in [0.29, 0.717) is 47.5 Å². The van der Waals surface area contributed by atoms with Gasteiger partial charge in [-0.1, -0.05) is 36.4 Å². The van der Waals surface area contributed by atoms with E-state index in [-0.39, 0.29) is 22.5 Å². The van der Waals surface area contributed by atoms with Crippen molar-refractivity contribution in [3.63, 3.8) is 0 Å². The van der Waals surface area contributed by atoms with Crippen LogP contribution in [0, 0.1) is 0 Å². The predicted molar refractivity (Wildman–Crippen MR) is 180 cm³/mol. The summed E-state index contributed by atoms with van der Waals surface area (Å²) in [5.41, 5.74) is 4.38. The summed E-state index contributed by atoms with van der Waals surface area (Å²) in [6, 6.07) is 26.3. The van der Waals surface area contributed by atoms with Crippen LogP contribution in [0.1, 0.15) is 27.1 Å². The number of anilines is 3. The van der Waals surface area contributed by atoms with Crippen molar-refractivity contribution in [1.29, 1.82) is 0 Å². The van der Waals surface area contributed by atoms with E-state index < -0.39 is 10.0 Å². The van der Waals surface area contributed by atoms with Gasteiger partial charge in [0.1, 0.15) is 10.6 Å². The molecule has 0 aliphatic carbocycles. The van der Waals surface area contributed by atoms with Gasteiger partial charge in [0, 0.05) is 58.2 Å². The van der Waals surface area contributed by atoms with Crippen molar-refractivity contribution in [1.82, 2.24) is 10.2 Å². The normalized spacial score (nSPS) is 11.0. The van der Waals surface area contributed by atoms with Crippen LogP contribution in [-0.4, -0.2) is 73.5 Å². The van der Waals surface area contributed by atoms with E-state index in [1.807, 2.05) is 49.3 Å². The first kappa shape index (κ1) is 32.9. The Balaban J connectivity index is 1.41. The second kappa shape index (κ2) is 14.6. The number of amides is 2. The Hall–Kier alpha value is -5.03. The summed E-state index contributed by atoms with van der Waals surface area (Å²) in [7, 11) is 4.52. The fourth-order valence-electron chi connectivity index (χ4n) is 4.73. The minimum atomic E-state index is -4.05. The van der Waals surface area contributed by atoms with Crippen LogP contribution in [0.4, 0.5) is 17.1 Å². The second-order valence-electron chi connectivity index (χ2n) is 10.8. The lowest BCUT2D eigenvalue weighted by Gasteiger charge is -2.17. The Morgan fingerprint density at radius 1 is 0.778 bits per heavy atom. The molecule has 0 spiro atoms. The second-order valence-corrected chi connectivity index (χ2v) is 12.4. The van der Waals surface area contributed by atoms with Crippen molar-refractivity contribution in [2.24, 2.45) is 0 Å². The highest BCUT2D eigenvalue weighted by Gasteiger charge is 2.21. The molecule has 3 N–H and O–H groups in total. The van der Waals surface area contributed by atoms with Gasteiger partial charge in [0.15, 0.2) is 0 Å². The molecular weight excluding hydrogens is 590 g/mol. The number of sulfonamides is 1. The zero-order valence-electron chi connectivity index (χ0n) is 26.1. The summed E-state index contributed by atoms with van der Waals surface area (Å²) in [5.74, 6) is -0.0924. The molecule has 0 aliphatic rings. The lowest BCUT2D eigenvalue weighted by atomic mass is 10.0. The number of hydrogen-bond acceptors (Lipinski definition) is 7. The number of hydrogen-bond donors (Lipinski definition) is 3. The molecule has 11 heteroatoms. The van der Waals surface area contributed by atoms with Crippen LogP contribution in [0.25, 0.3) is 11.1 Å². The highest BCUT2D eigenvalue weighted by atomic mass is 32.2. The van der Waals surface area contributed by atoms with Gasteiger partial charge in [-0.2, -0.15) is 0 Å². The topological polar surface area (TPSA) is 120 Å². The molecule has 2 amide bonds. The number of para-hydroxylation sites is 1. The number of methoxy groups -OCH3 is 1. The van der Waals surface area contributed by atoms with Crippen molar-refractivity contribution >= 4 is 38.9 Å². The summed E-state index contributed by atoms with van der Waals surface area (Å²) in [5, 5.41) is 6.23. The lowest BCUT2D eigenvalue weighted by Crippen LogP contribution is -2.27. The SMILES string of the molecule is COc1ccc(-c2cccc(C(=O)N(C)C)c2)cc1S(=O)(=O)Nc1cccc(NCCCNC(=O)c2ccccc2N(C)C)c1. The maximum Gasteiger partial charge on any atom is 0.265 e. The molecule has 0 aliphatic heterocycles. The van der Waals surface area contributed by atoms with Gasteiger partial charge in [-0.3, -0.25) is 14.3 Å². The number of carbonyl (C=O) groups is 2. The van der Waals surface area contributed by atoms with Crippen LogP contribution >= 0.6 is 0 Å². The highest BCUT2D eigenvalue weighted by molar-refractivity contribution is 7.92. The van der Waals surface area contributed by atoms with Crippen molar-refractivity contribution in [3.8, 4) is 16.9 Å². The minimum absolute atomic E-state index is 0.0308. The van der Waals surface area contributed by atoms with Gasteiger partial charge in [0.05, 0.1) is 18.4 Å². The quantitative estimate of drug-likeness (QED) is 0.175. The van der Waals surface area contributed by atoms with Gasteiger partial charge < -0.3 is 25.2 Å². The van der Waals surface area contributed by atoms with E-state index in [1.54, 1.807) is 68.7 Å². The Morgan fingerprint density at radius 2 is 1.49 bits per heavy atom. The molecule has 0 fully saturated rings. The molecule has 0 unspecified atom stereocenters. The number of nitrogens with zero attached hydrogens (tertiary/aromatic N) is 2. The van der Waals surface area contributed by atoms with Crippen LogP contribution < -0.4 is 25.0 Å². The first-order valence-corrected chi connectivity index (χ1v) is 15.9. The lowest BCUT2D eigenvalue weighted by molar-refractivity contribution is 0.0827. The van der Waals surface area contributed by atoms with E-state index in [0.717, 1.165) is 11.4 Å². The minimum Gasteiger partial charge on any atom is -0.495 e. The monoisotopic (exact) mass is 629 g/mol. The molecule has 0 bridgehead atoms. The molecule has 4 aromatic carbocycles. The average Bonchev–Trinajstić information content (AvgIpc) is 3.03. The molecule has 236 valence electrons. The van der Waals surface area contributed by atoms with E-state index in [1.165, 1.54) is 18.1 Å². The maximum absolute atomic E-state index is 13.6. The molecule has 0 heterocycles. The van der Waals surface area contributed by atoms with Gasteiger partial charge in [0.25, 0.3) is 21.8 Å².